The molecular weight excluding hydrogens is 200 g/mol. The van der Waals surface area contributed by atoms with E-state index in [0.29, 0.717) is 0 Å². The van der Waals surface area contributed by atoms with E-state index < -0.39 is 0 Å². The molecule has 0 heterocycles. The van der Waals surface area contributed by atoms with Crippen LogP contribution in [-0.4, -0.2) is 5.33 Å². The van der Waals surface area contributed by atoms with Crippen LogP contribution in [0.3, 0.4) is 0 Å². The van der Waals surface area contributed by atoms with Crippen LogP contribution in [0.5, 0.6) is 0 Å². The van der Waals surface area contributed by atoms with Gasteiger partial charge in [-0.05, 0) is 25.7 Å². The van der Waals surface area contributed by atoms with E-state index in [4.69, 9.17) is 0 Å². The summed E-state index contributed by atoms with van der Waals surface area (Å²) < 4.78 is 0. The molecule has 0 aromatic rings. The summed E-state index contributed by atoms with van der Waals surface area (Å²) in [4.78, 5) is 0. The molecule has 0 rings (SSSR count). The van der Waals surface area contributed by atoms with Crippen molar-refractivity contribution < 1.29 is 0 Å². The average molecular weight is 219 g/mol. The highest BCUT2D eigenvalue weighted by atomic mass is 79.9. The maximum atomic E-state index is 3.42. The zero-order valence-corrected chi connectivity index (χ0v) is 9.45. The molecule has 0 nitrogen and oxygen atoms in total. The molecule has 0 radical (unpaired) electrons. The molecule has 0 saturated carbocycles. The molecule has 0 aliphatic heterocycles. The SMILES string of the molecule is CCCC(C)C(C)=CCCBr. The second kappa shape index (κ2) is 6.90. The predicted molar refractivity (Wildman–Crippen MR) is 56.2 cm³/mol. The van der Waals surface area contributed by atoms with Crippen molar-refractivity contribution in [1.29, 1.82) is 0 Å². The number of alkyl halides is 1. The molecule has 0 bridgehead atoms. The van der Waals surface area contributed by atoms with E-state index in [-0.39, 0.29) is 0 Å². The normalized spacial score (nSPS) is 15.1. The van der Waals surface area contributed by atoms with Crippen molar-refractivity contribution in [2.75, 3.05) is 5.33 Å². The number of rotatable bonds is 5. The van der Waals surface area contributed by atoms with Crippen molar-refractivity contribution in [1.82, 2.24) is 0 Å². The zero-order chi connectivity index (χ0) is 8.69. The Balaban J connectivity index is 3.69. The summed E-state index contributed by atoms with van der Waals surface area (Å²) in [6.45, 7) is 6.79. The maximum Gasteiger partial charge on any atom is 0.00660 e. The molecule has 0 N–H and O–H groups in total. The van der Waals surface area contributed by atoms with E-state index in [1.807, 2.05) is 0 Å². The first-order valence-electron chi connectivity index (χ1n) is 4.45. The molecular formula is C10H19Br. The van der Waals surface area contributed by atoms with Crippen molar-refractivity contribution in [3.8, 4) is 0 Å². The Bertz CT molecular complexity index is 116. The maximum absolute atomic E-state index is 3.42. The second-order valence-corrected chi connectivity index (χ2v) is 3.91. The van der Waals surface area contributed by atoms with Gasteiger partial charge in [-0.1, -0.05) is 47.8 Å². The predicted octanol–water partition coefficient (Wildman–Crippen LogP) is 4.15. The third-order valence-electron chi connectivity index (χ3n) is 2.07. The molecule has 1 atom stereocenters. The van der Waals surface area contributed by atoms with Gasteiger partial charge in [-0.3, -0.25) is 0 Å². The lowest BCUT2D eigenvalue weighted by atomic mass is 9.97. The monoisotopic (exact) mass is 218 g/mol. The van der Waals surface area contributed by atoms with Gasteiger partial charge in [0.2, 0.25) is 0 Å². The van der Waals surface area contributed by atoms with Crippen LogP contribution >= 0.6 is 15.9 Å². The Morgan fingerprint density at radius 3 is 2.64 bits per heavy atom. The van der Waals surface area contributed by atoms with Gasteiger partial charge in [0.25, 0.3) is 0 Å². The molecule has 0 amide bonds. The van der Waals surface area contributed by atoms with Gasteiger partial charge in [0.1, 0.15) is 0 Å². The first kappa shape index (κ1) is 11.2. The molecule has 66 valence electrons. The standard InChI is InChI=1S/C10H19Br/c1-4-6-9(2)10(3)7-5-8-11/h7,9H,4-6,8H2,1-3H3. The van der Waals surface area contributed by atoms with Crippen molar-refractivity contribution >= 4 is 15.9 Å². The van der Waals surface area contributed by atoms with Crippen LogP contribution in [0.4, 0.5) is 0 Å². The van der Waals surface area contributed by atoms with Crippen LogP contribution in [0.1, 0.15) is 40.0 Å². The minimum absolute atomic E-state index is 0.777. The molecule has 11 heavy (non-hydrogen) atoms. The van der Waals surface area contributed by atoms with E-state index >= 15 is 0 Å². The van der Waals surface area contributed by atoms with Gasteiger partial charge in [-0.2, -0.15) is 0 Å². The first-order valence-corrected chi connectivity index (χ1v) is 5.57. The number of allylic oxidation sites excluding steroid dienone is 2. The van der Waals surface area contributed by atoms with Crippen LogP contribution in [0, 0.1) is 5.92 Å². The Morgan fingerprint density at radius 1 is 1.55 bits per heavy atom. The lowest BCUT2D eigenvalue weighted by molar-refractivity contribution is 0.599. The Hall–Kier alpha value is 0.220. The molecule has 1 heteroatoms. The largest absolute Gasteiger partial charge is 0.0925 e. The van der Waals surface area contributed by atoms with Crippen molar-refractivity contribution in [2.24, 2.45) is 5.92 Å². The van der Waals surface area contributed by atoms with E-state index in [0.717, 1.165) is 11.2 Å². The zero-order valence-electron chi connectivity index (χ0n) is 7.86. The van der Waals surface area contributed by atoms with Crippen LogP contribution in [0.15, 0.2) is 11.6 Å². The fraction of sp³-hybridized carbons (Fsp3) is 0.800. The highest BCUT2D eigenvalue weighted by molar-refractivity contribution is 9.09. The number of hydrogen-bond donors (Lipinski definition) is 0. The molecule has 0 spiro atoms. The molecule has 0 aromatic heterocycles. The summed E-state index contributed by atoms with van der Waals surface area (Å²) in [6.07, 6.45) is 6.13. The Morgan fingerprint density at radius 2 is 2.18 bits per heavy atom. The smallest absolute Gasteiger partial charge is 0.00660 e. The van der Waals surface area contributed by atoms with E-state index in [1.54, 1.807) is 5.57 Å². The quantitative estimate of drug-likeness (QED) is 0.481. The van der Waals surface area contributed by atoms with Gasteiger partial charge in [-0.15, -0.1) is 0 Å². The lowest BCUT2D eigenvalue weighted by Gasteiger charge is -2.09. The van der Waals surface area contributed by atoms with Crippen LogP contribution in [-0.2, 0) is 0 Å². The summed E-state index contributed by atoms with van der Waals surface area (Å²) in [5, 5.41) is 1.09. The summed E-state index contributed by atoms with van der Waals surface area (Å²) in [6, 6.07) is 0. The fourth-order valence-electron chi connectivity index (χ4n) is 1.14. The molecule has 0 aromatic carbocycles. The van der Waals surface area contributed by atoms with E-state index in [2.05, 4.69) is 42.8 Å². The van der Waals surface area contributed by atoms with Gasteiger partial charge in [-0.25, -0.2) is 0 Å². The highest BCUT2D eigenvalue weighted by Crippen LogP contribution is 2.16. The number of halogens is 1. The van der Waals surface area contributed by atoms with Crippen LogP contribution in [0.2, 0.25) is 0 Å². The van der Waals surface area contributed by atoms with Crippen molar-refractivity contribution in [3.05, 3.63) is 11.6 Å². The third kappa shape index (κ3) is 5.49. The fourth-order valence-corrected chi connectivity index (χ4v) is 1.37. The summed E-state index contributed by atoms with van der Waals surface area (Å²) in [5.74, 6) is 0.777. The summed E-state index contributed by atoms with van der Waals surface area (Å²) in [7, 11) is 0. The van der Waals surface area contributed by atoms with E-state index in [9.17, 15) is 0 Å². The molecule has 0 aliphatic carbocycles. The Kier molecular flexibility index (Phi) is 7.04. The summed E-state index contributed by atoms with van der Waals surface area (Å²) in [5.41, 5.74) is 1.55. The Labute approximate surface area is 79.2 Å². The van der Waals surface area contributed by atoms with E-state index in [1.165, 1.54) is 19.3 Å². The number of hydrogen-bond acceptors (Lipinski definition) is 0. The summed E-state index contributed by atoms with van der Waals surface area (Å²) >= 11 is 3.42. The van der Waals surface area contributed by atoms with Gasteiger partial charge in [0.15, 0.2) is 0 Å². The van der Waals surface area contributed by atoms with Gasteiger partial charge in [0.05, 0.1) is 0 Å². The minimum atomic E-state index is 0.777. The average Bonchev–Trinajstić information content (AvgIpc) is 2.00. The second-order valence-electron chi connectivity index (χ2n) is 3.12. The molecule has 1 unspecified atom stereocenters. The topological polar surface area (TPSA) is 0 Å². The van der Waals surface area contributed by atoms with Gasteiger partial charge < -0.3 is 0 Å². The molecule has 0 aliphatic rings. The third-order valence-corrected chi connectivity index (χ3v) is 2.53. The van der Waals surface area contributed by atoms with Gasteiger partial charge in [0, 0.05) is 5.33 Å². The van der Waals surface area contributed by atoms with Gasteiger partial charge >= 0.3 is 0 Å². The molecule has 0 fully saturated rings. The first-order chi connectivity index (χ1) is 5.22. The van der Waals surface area contributed by atoms with Crippen molar-refractivity contribution in [3.63, 3.8) is 0 Å². The minimum Gasteiger partial charge on any atom is -0.0925 e. The van der Waals surface area contributed by atoms with Crippen LogP contribution in [0.25, 0.3) is 0 Å². The van der Waals surface area contributed by atoms with Crippen molar-refractivity contribution in [2.45, 2.75) is 40.0 Å². The highest BCUT2D eigenvalue weighted by Gasteiger charge is 2.00. The molecule has 0 saturated heterocycles. The lowest BCUT2D eigenvalue weighted by Crippen LogP contribution is -1.95. The van der Waals surface area contributed by atoms with Crippen LogP contribution < -0.4 is 0 Å².